The summed E-state index contributed by atoms with van der Waals surface area (Å²) in [5, 5.41) is 6.53. The van der Waals surface area contributed by atoms with Crippen molar-refractivity contribution in [3.63, 3.8) is 0 Å². The molecule has 2 aromatic heterocycles. The van der Waals surface area contributed by atoms with Crippen molar-refractivity contribution >= 4 is 27.0 Å². The molecule has 160 valence electrons. The lowest BCUT2D eigenvalue weighted by atomic mass is 10.1. The molecule has 0 amide bonds. The maximum atomic E-state index is 13.3. The molecule has 0 aliphatic rings. The van der Waals surface area contributed by atoms with Gasteiger partial charge in [0.15, 0.2) is 0 Å². The van der Waals surface area contributed by atoms with Crippen LogP contribution in [0.15, 0.2) is 83.2 Å². The van der Waals surface area contributed by atoms with E-state index in [4.69, 9.17) is 0 Å². The largest absolute Gasteiger partial charge is 0.280 e. The number of nitrogens with one attached hydrogen (secondary N) is 1. The van der Waals surface area contributed by atoms with Crippen molar-refractivity contribution in [3.8, 4) is 10.6 Å². The highest BCUT2D eigenvalue weighted by atomic mass is 32.2. The van der Waals surface area contributed by atoms with E-state index in [1.54, 1.807) is 10.9 Å². The molecule has 0 aliphatic heterocycles. The number of aromatic nitrogens is 2. The molecule has 2 aromatic carbocycles. The number of hydrogen-bond acceptors (Lipinski definition) is 4. The molecule has 0 fully saturated rings. The first-order valence-electron chi connectivity index (χ1n) is 10.3. The van der Waals surface area contributed by atoms with Crippen LogP contribution >= 0.6 is 11.3 Å². The zero-order valence-electron chi connectivity index (χ0n) is 17.4. The van der Waals surface area contributed by atoms with Gasteiger partial charge in [0.2, 0.25) is 0 Å². The minimum absolute atomic E-state index is 0.181. The van der Waals surface area contributed by atoms with Crippen LogP contribution in [0, 0.1) is 0 Å². The normalized spacial score (nSPS) is 11.5. The Bertz CT molecular complexity index is 1210. The monoisotopic (exact) mass is 451 g/mol. The molecule has 1 N–H and O–H groups in total. The lowest BCUT2D eigenvalue weighted by Crippen LogP contribution is -2.13. The van der Waals surface area contributed by atoms with Crippen LogP contribution in [0.5, 0.6) is 0 Å². The van der Waals surface area contributed by atoms with E-state index < -0.39 is 10.0 Å². The first-order valence-corrected chi connectivity index (χ1v) is 12.7. The first-order chi connectivity index (χ1) is 15.0. The zero-order chi connectivity index (χ0) is 21.7. The molecular formula is C24H25N3O2S2. The van der Waals surface area contributed by atoms with Gasteiger partial charge in [-0.15, -0.1) is 11.3 Å². The Balaban J connectivity index is 1.63. The fourth-order valence-corrected chi connectivity index (χ4v) is 5.38. The summed E-state index contributed by atoms with van der Waals surface area (Å²) in [6.07, 6.45) is 4.86. The predicted molar refractivity (Wildman–Crippen MR) is 127 cm³/mol. The van der Waals surface area contributed by atoms with Crippen molar-refractivity contribution in [1.82, 2.24) is 9.78 Å². The van der Waals surface area contributed by atoms with Crippen molar-refractivity contribution < 1.29 is 8.42 Å². The highest BCUT2D eigenvalue weighted by Gasteiger charge is 2.24. The Labute approximate surface area is 187 Å². The molecule has 0 saturated carbocycles. The van der Waals surface area contributed by atoms with Gasteiger partial charge in [0.25, 0.3) is 10.0 Å². The van der Waals surface area contributed by atoms with Crippen molar-refractivity contribution in [3.05, 3.63) is 89.4 Å². The molecule has 7 heteroatoms. The molecule has 31 heavy (non-hydrogen) atoms. The van der Waals surface area contributed by atoms with Gasteiger partial charge in [0.05, 0.1) is 11.4 Å². The van der Waals surface area contributed by atoms with E-state index in [-0.39, 0.29) is 4.90 Å². The summed E-state index contributed by atoms with van der Waals surface area (Å²) >= 11 is 1.47. The van der Waals surface area contributed by atoms with Crippen LogP contribution in [-0.2, 0) is 23.0 Å². The average Bonchev–Trinajstić information content (AvgIpc) is 3.44. The quantitative estimate of drug-likeness (QED) is 0.350. The molecule has 0 bridgehead atoms. The zero-order valence-corrected chi connectivity index (χ0v) is 19.0. The van der Waals surface area contributed by atoms with Crippen LogP contribution in [0.4, 0.5) is 5.69 Å². The smallest absolute Gasteiger partial charge is 0.265 e. The highest BCUT2D eigenvalue weighted by molar-refractivity contribution is 7.92. The Morgan fingerprint density at radius 2 is 1.74 bits per heavy atom. The van der Waals surface area contributed by atoms with Gasteiger partial charge < -0.3 is 0 Å². The number of unbranched alkanes of at least 4 members (excludes halogenated alkanes) is 1. The van der Waals surface area contributed by atoms with Gasteiger partial charge in [-0.3, -0.25) is 9.40 Å². The Kier molecular flexibility index (Phi) is 6.53. The van der Waals surface area contributed by atoms with Crippen molar-refractivity contribution in [2.45, 2.75) is 37.6 Å². The summed E-state index contributed by atoms with van der Waals surface area (Å²) < 4.78 is 31.0. The third-order valence-corrected chi connectivity index (χ3v) is 7.24. The van der Waals surface area contributed by atoms with E-state index in [0.717, 1.165) is 29.7 Å². The maximum Gasteiger partial charge on any atom is 0.265 e. The number of benzene rings is 2. The van der Waals surface area contributed by atoms with Crippen LogP contribution < -0.4 is 4.72 Å². The minimum atomic E-state index is -3.80. The SMILES string of the molecule is CCCCc1ccc(NS(=O)(=O)c2cn(Cc3ccccc3)nc2-c2cccs2)cc1. The van der Waals surface area contributed by atoms with Gasteiger partial charge >= 0.3 is 0 Å². The van der Waals surface area contributed by atoms with Crippen LogP contribution in [0.2, 0.25) is 0 Å². The number of aryl methyl sites for hydroxylation is 1. The molecule has 4 aromatic rings. The summed E-state index contributed by atoms with van der Waals surface area (Å²) in [5.41, 5.74) is 3.29. The van der Waals surface area contributed by atoms with Gasteiger partial charge in [0, 0.05) is 11.9 Å². The molecule has 2 heterocycles. The minimum Gasteiger partial charge on any atom is -0.280 e. The first kappa shape index (κ1) is 21.3. The van der Waals surface area contributed by atoms with Gasteiger partial charge in [-0.25, -0.2) is 8.42 Å². The summed E-state index contributed by atoms with van der Waals surface area (Å²) in [4.78, 5) is 1.00. The molecule has 5 nitrogen and oxygen atoms in total. The number of hydrogen-bond donors (Lipinski definition) is 1. The predicted octanol–water partition coefficient (Wildman–Crippen LogP) is 5.80. The molecule has 0 unspecified atom stereocenters. The average molecular weight is 452 g/mol. The highest BCUT2D eigenvalue weighted by Crippen LogP contribution is 2.31. The fraction of sp³-hybridized carbons (Fsp3) is 0.208. The molecule has 0 radical (unpaired) electrons. The standard InChI is InChI=1S/C24H25N3O2S2/c1-2-3-8-19-12-14-21(15-13-19)26-31(28,29)23-18-27(17-20-9-5-4-6-10-20)25-24(23)22-11-7-16-30-22/h4-7,9-16,18,26H,2-3,8,17H2,1H3. The molecular weight excluding hydrogens is 426 g/mol. The third kappa shape index (κ3) is 5.24. The number of thiophene rings is 1. The van der Waals surface area contributed by atoms with E-state index >= 15 is 0 Å². The number of sulfonamides is 1. The second-order valence-corrected chi connectivity index (χ2v) is 10.0. The fourth-order valence-electron chi connectivity index (χ4n) is 3.37. The third-order valence-electron chi connectivity index (χ3n) is 4.98. The van der Waals surface area contributed by atoms with Crippen LogP contribution in [0.25, 0.3) is 10.6 Å². The van der Waals surface area contributed by atoms with E-state index in [2.05, 4.69) is 16.7 Å². The molecule has 4 rings (SSSR count). The van der Waals surface area contributed by atoms with Crippen molar-refractivity contribution in [2.75, 3.05) is 4.72 Å². The summed E-state index contributed by atoms with van der Waals surface area (Å²) in [5.74, 6) is 0. The molecule has 0 atom stereocenters. The Hall–Kier alpha value is -2.90. The lowest BCUT2D eigenvalue weighted by molar-refractivity contribution is 0.601. The van der Waals surface area contributed by atoms with Crippen LogP contribution in [-0.4, -0.2) is 18.2 Å². The Morgan fingerprint density at radius 3 is 2.42 bits per heavy atom. The van der Waals surface area contributed by atoms with Gasteiger partial charge in [-0.1, -0.05) is 61.9 Å². The maximum absolute atomic E-state index is 13.3. The van der Waals surface area contributed by atoms with E-state index in [0.29, 0.717) is 17.9 Å². The van der Waals surface area contributed by atoms with Crippen LogP contribution in [0.3, 0.4) is 0 Å². The summed E-state index contributed by atoms with van der Waals surface area (Å²) in [7, 11) is -3.80. The second-order valence-electron chi connectivity index (χ2n) is 7.41. The second kappa shape index (κ2) is 9.49. The lowest BCUT2D eigenvalue weighted by Gasteiger charge is -2.08. The van der Waals surface area contributed by atoms with Crippen molar-refractivity contribution in [1.29, 1.82) is 0 Å². The number of rotatable bonds is 9. The van der Waals surface area contributed by atoms with Gasteiger partial charge in [0.1, 0.15) is 10.6 Å². The molecule has 0 spiro atoms. The summed E-state index contributed by atoms with van der Waals surface area (Å²) in [6, 6.07) is 21.3. The number of nitrogens with zero attached hydrogens (tertiary/aromatic N) is 2. The Morgan fingerprint density at radius 1 is 0.968 bits per heavy atom. The van der Waals surface area contributed by atoms with Gasteiger partial charge in [-0.2, -0.15) is 5.10 Å². The van der Waals surface area contributed by atoms with E-state index in [1.807, 2.05) is 72.1 Å². The van der Waals surface area contributed by atoms with E-state index in [9.17, 15) is 8.42 Å². The molecule has 0 aliphatic carbocycles. The van der Waals surface area contributed by atoms with E-state index in [1.165, 1.54) is 16.9 Å². The van der Waals surface area contributed by atoms with Crippen LogP contribution in [0.1, 0.15) is 30.9 Å². The number of anilines is 1. The topological polar surface area (TPSA) is 64.0 Å². The molecule has 0 saturated heterocycles. The van der Waals surface area contributed by atoms with Crippen molar-refractivity contribution in [2.24, 2.45) is 0 Å². The summed E-state index contributed by atoms with van der Waals surface area (Å²) in [6.45, 7) is 2.66. The van der Waals surface area contributed by atoms with Gasteiger partial charge in [-0.05, 0) is 47.5 Å².